The van der Waals surface area contributed by atoms with Gasteiger partial charge < -0.3 is 4.57 Å². The van der Waals surface area contributed by atoms with Crippen molar-refractivity contribution in [3.63, 3.8) is 0 Å². The standard InChI is InChI=1S/C18H33ClN2/c1-6-8-10-12-14-18(4,13-11-9-7-2)16-17(19)20-15(3)21(16)5/h6-14H2,1-5H3. The van der Waals surface area contributed by atoms with Crippen molar-refractivity contribution in [3.05, 3.63) is 16.7 Å². The third-order valence-corrected chi connectivity index (χ3v) is 5.03. The van der Waals surface area contributed by atoms with Crippen LogP contribution in [0.2, 0.25) is 5.15 Å². The molecule has 0 fully saturated rings. The molecule has 21 heavy (non-hydrogen) atoms. The summed E-state index contributed by atoms with van der Waals surface area (Å²) in [5, 5.41) is 0.712. The number of aryl methyl sites for hydroxylation is 1. The lowest BCUT2D eigenvalue weighted by Crippen LogP contribution is -2.26. The van der Waals surface area contributed by atoms with Gasteiger partial charge in [0.1, 0.15) is 5.82 Å². The van der Waals surface area contributed by atoms with Gasteiger partial charge in [-0.3, -0.25) is 0 Å². The van der Waals surface area contributed by atoms with Gasteiger partial charge in [0.2, 0.25) is 0 Å². The first-order valence-corrected chi connectivity index (χ1v) is 9.03. The lowest BCUT2D eigenvalue weighted by atomic mass is 9.77. The van der Waals surface area contributed by atoms with Gasteiger partial charge in [0.05, 0.1) is 5.69 Å². The maximum absolute atomic E-state index is 6.46. The zero-order chi connectivity index (χ0) is 15.9. The van der Waals surface area contributed by atoms with Crippen LogP contribution in [0.25, 0.3) is 0 Å². The summed E-state index contributed by atoms with van der Waals surface area (Å²) in [5.74, 6) is 1.02. The molecule has 122 valence electrons. The van der Waals surface area contributed by atoms with Gasteiger partial charge in [0.15, 0.2) is 5.15 Å². The minimum Gasteiger partial charge on any atom is -0.333 e. The number of hydrogen-bond acceptors (Lipinski definition) is 1. The molecule has 0 radical (unpaired) electrons. The number of aromatic nitrogens is 2. The third kappa shape index (κ3) is 5.02. The summed E-state index contributed by atoms with van der Waals surface area (Å²) in [4.78, 5) is 4.48. The van der Waals surface area contributed by atoms with Crippen LogP contribution in [0.3, 0.4) is 0 Å². The molecule has 0 aliphatic rings. The fourth-order valence-corrected chi connectivity index (χ4v) is 3.77. The largest absolute Gasteiger partial charge is 0.333 e. The number of imidazole rings is 1. The minimum absolute atomic E-state index is 0.163. The molecule has 1 heterocycles. The first-order valence-electron chi connectivity index (χ1n) is 8.65. The van der Waals surface area contributed by atoms with E-state index in [1.807, 2.05) is 6.92 Å². The van der Waals surface area contributed by atoms with E-state index in [0.717, 1.165) is 5.82 Å². The van der Waals surface area contributed by atoms with E-state index in [0.29, 0.717) is 5.15 Å². The predicted octanol–water partition coefficient (Wildman–Crippen LogP) is 6.19. The van der Waals surface area contributed by atoms with Crippen molar-refractivity contribution < 1.29 is 0 Å². The predicted molar refractivity (Wildman–Crippen MR) is 93.2 cm³/mol. The molecule has 1 rings (SSSR count). The fraction of sp³-hybridized carbons (Fsp3) is 0.833. The summed E-state index contributed by atoms with van der Waals surface area (Å²) >= 11 is 6.46. The van der Waals surface area contributed by atoms with Crippen molar-refractivity contribution in [1.82, 2.24) is 9.55 Å². The summed E-state index contributed by atoms with van der Waals surface area (Å²) in [7, 11) is 2.10. The van der Waals surface area contributed by atoms with Crippen LogP contribution < -0.4 is 0 Å². The zero-order valence-corrected chi connectivity index (χ0v) is 15.4. The molecule has 0 aliphatic carbocycles. The van der Waals surface area contributed by atoms with E-state index in [2.05, 4.69) is 37.4 Å². The number of rotatable bonds is 10. The van der Waals surface area contributed by atoms with Crippen LogP contribution in [-0.2, 0) is 12.5 Å². The van der Waals surface area contributed by atoms with E-state index < -0.39 is 0 Å². The summed E-state index contributed by atoms with van der Waals surface area (Å²) in [6.07, 6.45) is 11.5. The third-order valence-electron chi connectivity index (χ3n) is 4.76. The molecule has 0 N–H and O–H groups in total. The van der Waals surface area contributed by atoms with Crippen molar-refractivity contribution in [3.8, 4) is 0 Å². The average Bonchev–Trinajstić information content (AvgIpc) is 2.69. The molecule has 0 bridgehead atoms. The quantitative estimate of drug-likeness (QED) is 0.471. The molecule has 2 nitrogen and oxygen atoms in total. The van der Waals surface area contributed by atoms with Gasteiger partial charge in [0.25, 0.3) is 0 Å². The molecule has 1 aromatic heterocycles. The zero-order valence-electron chi connectivity index (χ0n) is 14.6. The Hall–Kier alpha value is -0.500. The molecule has 1 aromatic rings. The lowest BCUT2D eigenvalue weighted by Gasteiger charge is -2.31. The molecule has 0 saturated carbocycles. The molecule has 0 saturated heterocycles. The van der Waals surface area contributed by atoms with Crippen molar-refractivity contribution in [2.45, 2.75) is 90.9 Å². The Morgan fingerprint density at radius 1 is 1.00 bits per heavy atom. The van der Waals surface area contributed by atoms with Gasteiger partial charge in [0, 0.05) is 12.5 Å². The Bertz CT molecular complexity index is 425. The van der Waals surface area contributed by atoms with Gasteiger partial charge in [-0.1, -0.05) is 77.3 Å². The molecule has 1 atom stereocenters. The van der Waals surface area contributed by atoms with E-state index in [9.17, 15) is 0 Å². The highest BCUT2D eigenvalue weighted by Crippen LogP contribution is 2.39. The highest BCUT2D eigenvalue weighted by atomic mass is 35.5. The van der Waals surface area contributed by atoms with E-state index >= 15 is 0 Å². The Labute approximate surface area is 136 Å². The molecular weight excluding hydrogens is 280 g/mol. The monoisotopic (exact) mass is 312 g/mol. The topological polar surface area (TPSA) is 17.8 Å². The van der Waals surface area contributed by atoms with Gasteiger partial charge >= 0.3 is 0 Å². The average molecular weight is 313 g/mol. The van der Waals surface area contributed by atoms with Gasteiger partial charge in [-0.25, -0.2) is 4.98 Å². The molecule has 0 spiro atoms. The SMILES string of the molecule is CCCCCCC(C)(CCCCC)c1c(Cl)nc(C)n1C. The van der Waals surface area contributed by atoms with Crippen molar-refractivity contribution in [2.24, 2.45) is 7.05 Å². The Kier molecular flexibility index (Phi) is 7.79. The Morgan fingerprint density at radius 3 is 2.00 bits per heavy atom. The molecule has 0 aromatic carbocycles. The first kappa shape index (κ1) is 18.5. The van der Waals surface area contributed by atoms with Crippen molar-refractivity contribution in [2.75, 3.05) is 0 Å². The normalized spacial score (nSPS) is 14.4. The molecule has 3 heteroatoms. The van der Waals surface area contributed by atoms with Gasteiger partial charge in [-0.15, -0.1) is 0 Å². The van der Waals surface area contributed by atoms with Crippen LogP contribution >= 0.6 is 11.6 Å². The summed E-state index contributed by atoms with van der Waals surface area (Å²) in [5.41, 5.74) is 1.41. The molecule has 0 aliphatic heterocycles. The maximum Gasteiger partial charge on any atom is 0.151 e. The highest BCUT2D eigenvalue weighted by Gasteiger charge is 2.32. The van der Waals surface area contributed by atoms with Crippen LogP contribution in [0, 0.1) is 6.92 Å². The summed E-state index contributed by atoms with van der Waals surface area (Å²) < 4.78 is 2.20. The number of unbranched alkanes of at least 4 members (excludes halogenated alkanes) is 5. The molecular formula is C18H33ClN2. The highest BCUT2D eigenvalue weighted by molar-refractivity contribution is 6.30. The molecule has 0 amide bonds. The van der Waals surface area contributed by atoms with Gasteiger partial charge in [-0.05, 0) is 19.8 Å². The van der Waals surface area contributed by atoms with Crippen LogP contribution in [-0.4, -0.2) is 9.55 Å². The summed E-state index contributed by atoms with van der Waals surface area (Å²) in [6, 6.07) is 0. The van der Waals surface area contributed by atoms with Crippen LogP contribution in [0.5, 0.6) is 0 Å². The Morgan fingerprint density at radius 2 is 1.52 bits per heavy atom. The maximum atomic E-state index is 6.46. The number of hydrogen-bond donors (Lipinski definition) is 0. The first-order chi connectivity index (χ1) is 9.96. The second-order valence-corrected chi connectivity index (χ2v) is 7.04. The smallest absolute Gasteiger partial charge is 0.151 e. The van der Waals surface area contributed by atoms with Crippen LogP contribution in [0.1, 0.15) is 90.1 Å². The Balaban J connectivity index is 2.88. The second-order valence-electron chi connectivity index (χ2n) is 6.69. The fourth-order valence-electron chi connectivity index (χ4n) is 3.29. The van der Waals surface area contributed by atoms with Crippen LogP contribution in [0.15, 0.2) is 0 Å². The van der Waals surface area contributed by atoms with Crippen LogP contribution in [0.4, 0.5) is 0 Å². The van der Waals surface area contributed by atoms with E-state index in [4.69, 9.17) is 11.6 Å². The van der Waals surface area contributed by atoms with E-state index in [1.165, 1.54) is 63.5 Å². The number of halogens is 1. The summed E-state index contributed by atoms with van der Waals surface area (Å²) in [6.45, 7) is 8.96. The lowest BCUT2D eigenvalue weighted by molar-refractivity contribution is 0.348. The molecule has 1 unspecified atom stereocenters. The van der Waals surface area contributed by atoms with E-state index in [1.54, 1.807) is 0 Å². The van der Waals surface area contributed by atoms with Crippen molar-refractivity contribution in [1.29, 1.82) is 0 Å². The van der Waals surface area contributed by atoms with Crippen molar-refractivity contribution >= 4 is 11.6 Å². The second kappa shape index (κ2) is 8.82. The number of nitrogens with zero attached hydrogens (tertiary/aromatic N) is 2. The van der Waals surface area contributed by atoms with Gasteiger partial charge in [-0.2, -0.15) is 0 Å². The van der Waals surface area contributed by atoms with E-state index in [-0.39, 0.29) is 5.41 Å². The minimum atomic E-state index is 0.163.